The molecule has 1 aromatic rings. The molecule has 0 radical (unpaired) electrons. The van der Waals surface area contributed by atoms with E-state index in [-0.39, 0.29) is 0 Å². The molecule has 0 bridgehead atoms. The van der Waals surface area contributed by atoms with Gasteiger partial charge in [0.25, 0.3) is 0 Å². The molecule has 5 nitrogen and oxygen atoms in total. The first-order chi connectivity index (χ1) is 8.95. The zero-order valence-electron chi connectivity index (χ0n) is 11.5. The Kier molecular flexibility index (Phi) is 4.57. The highest BCUT2D eigenvalue weighted by molar-refractivity contribution is 7.74. The SMILES string of the molecule is CC(C)CN1Cc2ccc(N(C)OS(=O)[O-])cc2C1. The van der Waals surface area contributed by atoms with E-state index in [0.29, 0.717) is 5.92 Å². The third kappa shape index (κ3) is 3.76. The van der Waals surface area contributed by atoms with Gasteiger partial charge in [-0.05, 0) is 29.2 Å². The summed E-state index contributed by atoms with van der Waals surface area (Å²) in [6.45, 7) is 7.36. The lowest BCUT2D eigenvalue weighted by Gasteiger charge is -2.19. The van der Waals surface area contributed by atoms with Crippen molar-refractivity contribution in [3.05, 3.63) is 29.3 Å². The number of rotatable bonds is 5. The van der Waals surface area contributed by atoms with Crippen LogP contribution in [0.4, 0.5) is 5.69 Å². The van der Waals surface area contributed by atoms with E-state index in [4.69, 9.17) is 0 Å². The second kappa shape index (κ2) is 6.00. The summed E-state index contributed by atoms with van der Waals surface area (Å²) in [5, 5.41) is 1.26. The van der Waals surface area contributed by atoms with Gasteiger partial charge in [0.2, 0.25) is 0 Å². The minimum absolute atomic E-state index is 0.641. The second-order valence-electron chi connectivity index (χ2n) is 5.29. The number of hydrogen-bond acceptors (Lipinski definition) is 5. The van der Waals surface area contributed by atoms with Gasteiger partial charge in [-0.25, -0.2) is 9.27 Å². The molecule has 0 amide bonds. The lowest BCUT2D eigenvalue weighted by atomic mass is 10.1. The Balaban J connectivity index is 2.08. The first-order valence-corrected chi connectivity index (χ1v) is 7.31. The summed E-state index contributed by atoms with van der Waals surface area (Å²) in [6, 6.07) is 5.91. The fourth-order valence-corrected chi connectivity index (χ4v) is 2.70. The molecule has 106 valence electrons. The van der Waals surface area contributed by atoms with Crippen LogP contribution in [-0.4, -0.2) is 27.3 Å². The lowest BCUT2D eigenvalue weighted by Crippen LogP contribution is -2.21. The average Bonchev–Trinajstić information content (AvgIpc) is 2.67. The first kappa shape index (κ1) is 14.5. The Labute approximate surface area is 116 Å². The maximum absolute atomic E-state index is 10.5. The van der Waals surface area contributed by atoms with E-state index < -0.39 is 11.4 Å². The smallest absolute Gasteiger partial charge is 0.112 e. The second-order valence-corrected chi connectivity index (χ2v) is 5.85. The Morgan fingerprint density at radius 3 is 2.74 bits per heavy atom. The van der Waals surface area contributed by atoms with Gasteiger partial charge in [-0.2, -0.15) is 4.28 Å². The van der Waals surface area contributed by atoms with Crippen LogP contribution in [0, 0.1) is 5.92 Å². The lowest BCUT2D eigenvalue weighted by molar-refractivity contribution is 0.251. The first-order valence-electron chi connectivity index (χ1n) is 6.31. The van der Waals surface area contributed by atoms with Crippen molar-refractivity contribution in [3.63, 3.8) is 0 Å². The van der Waals surface area contributed by atoms with Crippen molar-refractivity contribution in [3.8, 4) is 0 Å². The van der Waals surface area contributed by atoms with E-state index in [1.807, 2.05) is 18.2 Å². The van der Waals surface area contributed by atoms with Gasteiger partial charge in [0.15, 0.2) is 0 Å². The molecule has 0 aromatic heterocycles. The van der Waals surface area contributed by atoms with E-state index in [1.54, 1.807) is 7.05 Å². The van der Waals surface area contributed by atoms with Crippen molar-refractivity contribution in [2.24, 2.45) is 5.92 Å². The van der Waals surface area contributed by atoms with Crippen molar-refractivity contribution < 1.29 is 13.0 Å². The molecule has 1 aliphatic rings. The van der Waals surface area contributed by atoms with E-state index in [0.717, 1.165) is 25.3 Å². The molecule has 0 saturated heterocycles. The van der Waals surface area contributed by atoms with E-state index in [1.165, 1.54) is 16.2 Å². The van der Waals surface area contributed by atoms with Crippen molar-refractivity contribution in [2.75, 3.05) is 18.7 Å². The van der Waals surface area contributed by atoms with Gasteiger partial charge in [-0.1, -0.05) is 19.9 Å². The summed E-state index contributed by atoms with van der Waals surface area (Å²) in [5.41, 5.74) is 3.29. The van der Waals surface area contributed by atoms with Gasteiger partial charge in [0.1, 0.15) is 11.4 Å². The Morgan fingerprint density at radius 2 is 2.11 bits per heavy atom. The summed E-state index contributed by atoms with van der Waals surface area (Å²) >= 11 is -2.54. The minimum Gasteiger partial charge on any atom is -0.748 e. The maximum Gasteiger partial charge on any atom is 0.112 e. The molecule has 0 aliphatic carbocycles. The number of nitrogens with zero attached hydrogens (tertiary/aromatic N) is 2. The van der Waals surface area contributed by atoms with Gasteiger partial charge < -0.3 is 4.55 Å². The van der Waals surface area contributed by atoms with Gasteiger partial charge in [-0.15, -0.1) is 0 Å². The van der Waals surface area contributed by atoms with Crippen molar-refractivity contribution >= 4 is 17.0 Å². The van der Waals surface area contributed by atoms with E-state index in [2.05, 4.69) is 23.0 Å². The standard InChI is InChI=1S/C13H20N2O3S/c1-10(2)7-15-8-11-4-5-13(6-12(11)9-15)14(3)18-19(16)17/h4-6,10H,7-9H2,1-3H3,(H,16,17)/p-1. The van der Waals surface area contributed by atoms with Gasteiger partial charge in [-0.3, -0.25) is 4.90 Å². The van der Waals surface area contributed by atoms with E-state index in [9.17, 15) is 8.76 Å². The highest BCUT2D eigenvalue weighted by atomic mass is 32.2. The summed E-state index contributed by atoms with van der Waals surface area (Å²) in [7, 11) is 1.58. The highest BCUT2D eigenvalue weighted by Gasteiger charge is 2.20. The number of hydroxylamine groups is 1. The summed E-state index contributed by atoms with van der Waals surface area (Å²) in [6.07, 6.45) is 0. The van der Waals surface area contributed by atoms with Crippen LogP contribution in [0.1, 0.15) is 25.0 Å². The predicted molar refractivity (Wildman–Crippen MR) is 73.8 cm³/mol. The van der Waals surface area contributed by atoms with Crippen LogP contribution >= 0.6 is 0 Å². The van der Waals surface area contributed by atoms with Crippen LogP contribution in [0.2, 0.25) is 0 Å². The number of fused-ring (bicyclic) bond motifs is 1. The quantitative estimate of drug-likeness (QED) is 0.609. The third-order valence-electron chi connectivity index (χ3n) is 3.14. The highest BCUT2D eigenvalue weighted by Crippen LogP contribution is 2.27. The van der Waals surface area contributed by atoms with Crippen LogP contribution in [0.5, 0.6) is 0 Å². The molecular formula is C13H19N2O3S-. The molecule has 1 heterocycles. The summed E-state index contributed by atoms with van der Waals surface area (Å²) in [5.74, 6) is 0.641. The van der Waals surface area contributed by atoms with Crippen LogP contribution < -0.4 is 5.06 Å². The fourth-order valence-electron chi connectivity index (χ4n) is 2.43. The van der Waals surface area contributed by atoms with Crippen LogP contribution in [0.3, 0.4) is 0 Å². The Bertz CT molecular complexity index is 479. The number of benzene rings is 1. The number of anilines is 1. The topological polar surface area (TPSA) is 55.8 Å². The summed E-state index contributed by atoms with van der Waals surface area (Å²) < 4.78 is 25.7. The van der Waals surface area contributed by atoms with Crippen LogP contribution in [0.15, 0.2) is 18.2 Å². The Morgan fingerprint density at radius 1 is 1.42 bits per heavy atom. The normalized spacial score (nSPS) is 16.7. The molecule has 0 saturated carbocycles. The van der Waals surface area contributed by atoms with Crippen LogP contribution in [0.25, 0.3) is 0 Å². The molecule has 1 unspecified atom stereocenters. The average molecular weight is 283 g/mol. The van der Waals surface area contributed by atoms with Crippen molar-refractivity contribution in [1.29, 1.82) is 0 Å². The largest absolute Gasteiger partial charge is 0.748 e. The molecule has 1 aliphatic heterocycles. The van der Waals surface area contributed by atoms with E-state index >= 15 is 0 Å². The van der Waals surface area contributed by atoms with Gasteiger partial charge >= 0.3 is 0 Å². The van der Waals surface area contributed by atoms with Gasteiger partial charge in [0, 0.05) is 26.7 Å². The zero-order chi connectivity index (χ0) is 14.0. The fraction of sp³-hybridized carbons (Fsp3) is 0.538. The molecule has 2 rings (SSSR count). The molecule has 19 heavy (non-hydrogen) atoms. The number of hydrogen-bond donors (Lipinski definition) is 0. The monoisotopic (exact) mass is 283 g/mol. The zero-order valence-corrected chi connectivity index (χ0v) is 12.3. The molecule has 6 heteroatoms. The maximum atomic E-state index is 10.5. The van der Waals surface area contributed by atoms with Gasteiger partial charge in [0.05, 0.1) is 5.69 Å². The molecule has 0 spiro atoms. The summed E-state index contributed by atoms with van der Waals surface area (Å²) in [4.78, 5) is 2.39. The Hall–Kier alpha value is -0.950. The minimum atomic E-state index is -2.54. The van der Waals surface area contributed by atoms with Crippen molar-refractivity contribution in [2.45, 2.75) is 26.9 Å². The third-order valence-corrected chi connectivity index (χ3v) is 3.48. The molecule has 1 atom stereocenters. The molecular weight excluding hydrogens is 264 g/mol. The molecule has 0 N–H and O–H groups in total. The predicted octanol–water partition coefficient (Wildman–Crippen LogP) is 1.82. The van der Waals surface area contributed by atoms with Crippen molar-refractivity contribution in [1.82, 2.24) is 4.90 Å². The van der Waals surface area contributed by atoms with Crippen LogP contribution in [-0.2, 0) is 28.7 Å². The molecule has 1 aromatic carbocycles. The molecule has 0 fully saturated rings.